The summed E-state index contributed by atoms with van der Waals surface area (Å²) < 4.78 is 40.5. The largest absolute Gasteiger partial charge is 0.393 e. The predicted molar refractivity (Wildman–Crippen MR) is 171 cm³/mol. The van der Waals surface area contributed by atoms with Gasteiger partial charge in [-0.3, -0.25) is 19.3 Å². The second kappa shape index (κ2) is 16.5. The van der Waals surface area contributed by atoms with Gasteiger partial charge in [-0.05, 0) is 48.9 Å². The highest BCUT2D eigenvalue weighted by Gasteiger charge is 2.30. The molecule has 0 aliphatic carbocycles. The molecule has 3 amide bonds. The van der Waals surface area contributed by atoms with E-state index >= 15 is 0 Å². The molecule has 3 aromatic rings. The first-order valence-electron chi connectivity index (χ1n) is 16.0. The molecular weight excluding hydrogens is 611 g/mol. The standard InChI is InChI=1S/C34H44F3N7O3/c1-23(2)31-32-39-24(3)42-44(32)22-30(46)38-15-9-17-43(21-27-13-7-12-26(18-27)20-34(35,36)37)16-8-14-29(45)40-28(33(47)41-31)19-25-10-5-4-6-11-25/h4-7,10-13,18,23,28,31H,8-9,14-17,19-22H2,1-3H3,(H,38,46)(H,40,45)(H,41,47)/t28-,31+/m1/s1. The molecule has 2 heterocycles. The quantitative estimate of drug-likeness (QED) is 0.369. The zero-order valence-corrected chi connectivity index (χ0v) is 27.1. The molecule has 0 fully saturated rings. The number of hydrogen-bond acceptors (Lipinski definition) is 6. The van der Waals surface area contributed by atoms with Gasteiger partial charge < -0.3 is 16.0 Å². The third-order valence-corrected chi connectivity index (χ3v) is 7.93. The molecule has 0 spiro atoms. The fourth-order valence-electron chi connectivity index (χ4n) is 5.71. The molecule has 0 bridgehead atoms. The van der Waals surface area contributed by atoms with Crippen molar-refractivity contribution in [3.8, 4) is 0 Å². The van der Waals surface area contributed by atoms with Crippen LogP contribution in [0.3, 0.4) is 0 Å². The van der Waals surface area contributed by atoms with Gasteiger partial charge >= 0.3 is 6.18 Å². The first-order valence-corrected chi connectivity index (χ1v) is 16.0. The molecule has 254 valence electrons. The van der Waals surface area contributed by atoms with E-state index < -0.39 is 24.7 Å². The number of alkyl halides is 3. The zero-order chi connectivity index (χ0) is 34.0. The van der Waals surface area contributed by atoms with Crippen LogP contribution in [0.15, 0.2) is 54.6 Å². The Bertz CT molecular complexity index is 1490. The molecule has 0 unspecified atom stereocenters. The summed E-state index contributed by atoms with van der Waals surface area (Å²) in [5, 5.41) is 13.3. The third kappa shape index (κ3) is 11.5. The molecule has 0 radical (unpaired) electrons. The minimum absolute atomic E-state index is 0.0881. The van der Waals surface area contributed by atoms with E-state index in [1.165, 1.54) is 10.7 Å². The van der Waals surface area contributed by atoms with Gasteiger partial charge in [-0.25, -0.2) is 9.67 Å². The lowest BCUT2D eigenvalue weighted by molar-refractivity contribution is -0.129. The van der Waals surface area contributed by atoms with Crippen molar-refractivity contribution >= 4 is 17.7 Å². The average molecular weight is 656 g/mol. The summed E-state index contributed by atoms with van der Waals surface area (Å²) in [7, 11) is 0. The van der Waals surface area contributed by atoms with Gasteiger partial charge in [0.1, 0.15) is 18.4 Å². The van der Waals surface area contributed by atoms with Crippen LogP contribution in [0.25, 0.3) is 0 Å². The van der Waals surface area contributed by atoms with Crippen molar-refractivity contribution in [2.45, 2.75) is 84.2 Å². The van der Waals surface area contributed by atoms with Crippen LogP contribution in [0.4, 0.5) is 13.2 Å². The van der Waals surface area contributed by atoms with Gasteiger partial charge in [-0.15, -0.1) is 0 Å². The summed E-state index contributed by atoms with van der Waals surface area (Å²) in [6, 6.07) is 14.4. The van der Waals surface area contributed by atoms with Gasteiger partial charge in [-0.2, -0.15) is 18.3 Å². The lowest BCUT2D eigenvalue weighted by Crippen LogP contribution is -2.50. The predicted octanol–water partition coefficient (Wildman–Crippen LogP) is 4.03. The summed E-state index contributed by atoms with van der Waals surface area (Å²) in [5.41, 5.74) is 1.80. The Morgan fingerprint density at radius 2 is 1.62 bits per heavy atom. The van der Waals surface area contributed by atoms with Crippen molar-refractivity contribution in [2.75, 3.05) is 19.6 Å². The van der Waals surface area contributed by atoms with Crippen LogP contribution < -0.4 is 16.0 Å². The van der Waals surface area contributed by atoms with E-state index in [9.17, 15) is 27.6 Å². The van der Waals surface area contributed by atoms with Gasteiger partial charge in [0.25, 0.3) is 0 Å². The molecule has 4 rings (SSSR count). The van der Waals surface area contributed by atoms with E-state index in [4.69, 9.17) is 0 Å². The molecule has 2 atom stereocenters. The molecule has 1 aliphatic rings. The number of carbonyl (C=O) groups excluding carboxylic acids is 3. The highest BCUT2D eigenvalue weighted by molar-refractivity contribution is 5.88. The number of benzene rings is 2. The number of halogens is 3. The Balaban J connectivity index is 1.56. The van der Waals surface area contributed by atoms with E-state index in [2.05, 4.69) is 30.9 Å². The minimum atomic E-state index is -4.30. The van der Waals surface area contributed by atoms with E-state index in [0.717, 1.165) is 11.1 Å². The van der Waals surface area contributed by atoms with Crippen molar-refractivity contribution < 1.29 is 27.6 Å². The van der Waals surface area contributed by atoms with Gasteiger partial charge in [0.15, 0.2) is 5.82 Å². The minimum Gasteiger partial charge on any atom is -0.354 e. The molecule has 2 aromatic carbocycles. The van der Waals surface area contributed by atoms with Crippen molar-refractivity contribution in [2.24, 2.45) is 5.92 Å². The Hall–Kier alpha value is -4.26. The molecule has 13 heteroatoms. The maximum atomic E-state index is 13.8. The molecule has 10 nitrogen and oxygen atoms in total. The normalized spacial score (nSPS) is 19.7. The first kappa shape index (κ1) is 35.6. The Kier molecular flexibility index (Phi) is 12.5. The van der Waals surface area contributed by atoms with Crippen molar-refractivity contribution in [3.63, 3.8) is 0 Å². The van der Waals surface area contributed by atoms with Crippen LogP contribution >= 0.6 is 0 Å². The second-order valence-corrected chi connectivity index (χ2v) is 12.4. The second-order valence-electron chi connectivity index (χ2n) is 12.4. The van der Waals surface area contributed by atoms with Crippen molar-refractivity contribution in [3.05, 3.63) is 82.9 Å². The van der Waals surface area contributed by atoms with Gasteiger partial charge in [-0.1, -0.05) is 68.4 Å². The molecule has 0 saturated heterocycles. The maximum absolute atomic E-state index is 13.8. The third-order valence-electron chi connectivity index (χ3n) is 7.93. The maximum Gasteiger partial charge on any atom is 0.393 e. The highest BCUT2D eigenvalue weighted by atomic mass is 19.4. The van der Waals surface area contributed by atoms with Crippen LogP contribution in [0.2, 0.25) is 0 Å². The number of amides is 3. The monoisotopic (exact) mass is 655 g/mol. The SMILES string of the molecule is Cc1nc2n(n1)CC(=O)NCCCN(Cc1cccc(CC(F)(F)F)c1)CCCC(=O)N[C@H](Cc1ccccc1)C(=O)N[C@H]2C(C)C. The van der Waals surface area contributed by atoms with E-state index in [0.29, 0.717) is 50.7 Å². The van der Waals surface area contributed by atoms with Crippen LogP contribution in [0, 0.1) is 12.8 Å². The van der Waals surface area contributed by atoms with E-state index in [1.54, 1.807) is 25.1 Å². The molecular formula is C34H44F3N7O3. The van der Waals surface area contributed by atoms with Gasteiger partial charge in [0.05, 0.1) is 12.5 Å². The number of aromatic nitrogens is 3. The van der Waals surface area contributed by atoms with Crippen LogP contribution in [-0.2, 0) is 40.3 Å². The molecule has 1 aromatic heterocycles. The molecule has 47 heavy (non-hydrogen) atoms. The van der Waals surface area contributed by atoms with Crippen LogP contribution in [0.5, 0.6) is 0 Å². The summed E-state index contributed by atoms with van der Waals surface area (Å²) in [6.45, 7) is 7.32. The van der Waals surface area contributed by atoms with Gasteiger partial charge in [0, 0.05) is 32.5 Å². The summed E-state index contributed by atoms with van der Waals surface area (Å²) >= 11 is 0. The Labute approximate surface area is 273 Å². The number of nitrogens with one attached hydrogen (secondary N) is 3. The first-order chi connectivity index (χ1) is 22.4. The van der Waals surface area contributed by atoms with Crippen LogP contribution in [0.1, 0.15) is 67.5 Å². The number of fused-ring (bicyclic) bond motifs is 1. The van der Waals surface area contributed by atoms with Crippen LogP contribution in [-0.4, -0.2) is 69.2 Å². The van der Waals surface area contributed by atoms with Crippen molar-refractivity contribution in [1.82, 2.24) is 35.6 Å². The Morgan fingerprint density at radius 3 is 2.34 bits per heavy atom. The number of hydrogen-bond donors (Lipinski definition) is 3. The topological polar surface area (TPSA) is 121 Å². The number of carbonyl (C=O) groups is 3. The summed E-state index contributed by atoms with van der Waals surface area (Å²) in [6.07, 6.45) is -3.82. The fraction of sp³-hybridized carbons (Fsp3) is 0.500. The zero-order valence-electron chi connectivity index (χ0n) is 27.1. The summed E-state index contributed by atoms with van der Waals surface area (Å²) in [5.74, 6) is -0.0934. The van der Waals surface area contributed by atoms with E-state index in [1.807, 2.05) is 44.2 Å². The Morgan fingerprint density at radius 1 is 0.915 bits per heavy atom. The van der Waals surface area contributed by atoms with Crippen molar-refractivity contribution in [1.29, 1.82) is 0 Å². The molecule has 3 N–H and O–H groups in total. The lowest BCUT2D eigenvalue weighted by Gasteiger charge is -2.26. The fourth-order valence-corrected chi connectivity index (χ4v) is 5.71. The number of aryl methyl sites for hydroxylation is 1. The highest BCUT2D eigenvalue weighted by Crippen LogP contribution is 2.23. The molecule has 1 aliphatic heterocycles. The average Bonchev–Trinajstić information content (AvgIpc) is 3.35. The number of nitrogens with zero attached hydrogens (tertiary/aromatic N) is 4. The smallest absolute Gasteiger partial charge is 0.354 e. The summed E-state index contributed by atoms with van der Waals surface area (Å²) in [4.78, 5) is 46.6. The van der Waals surface area contributed by atoms with Gasteiger partial charge in [0.2, 0.25) is 17.7 Å². The molecule has 0 saturated carbocycles. The number of rotatable bonds is 6. The van der Waals surface area contributed by atoms with E-state index in [-0.39, 0.29) is 48.6 Å². The lowest BCUT2D eigenvalue weighted by atomic mass is 10.0.